The van der Waals surface area contributed by atoms with Crippen molar-refractivity contribution in [3.8, 4) is 0 Å². The normalized spacial score (nSPS) is 21.2. The molecule has 2 N–H and O–H groups in total. The van der Waals surface area contributed by atoms with Crippen LogP contribution in [0, 0.1) is 5.92 Å². The second-order valence-corrected chi connectivity index (χ2v) is 6.02. The van der Waals surface area contributed by atoms with Gasteiger partial charge >= 0.3 is 12.0 Å². The number of urea groups is 1. The lowest BCUT2D eigenvalue weighted by Crippen LogP contribution is -2.51. The Labute approximate surface area is 122 Å². The number of hydrogen-bond acceptors (Lipinski definition) is 4. The van der Waals surface area contributed by atoms with Gasteiger partial charge in [0, 0.05) is 32.0 Å². The molecule has 0 aromatic heterocycles. The highest BCUT2D eigenvalue weighted by Gasteiger charge is 2.44. The Morgan fingerprint density at radius 2 is 1.95 bits per heavy atom. The molecule has 2 rings (SSSR count). The van der Waals surface area contributed by atoms with Gasteiger partial charge in [-0.2, -0.15) is 0 Å². The van der Waals surface area contributed by atoms with Crippen LogP contribution in [-0.4, -0.2) is 63.9 Å². The van der Waals surface area contributed by atoms with E-state index in [9.17, 15) is 19.2 Å². The summed E-state index contributed by atoms with van der Waals surface area (Å²) in [5.74, 6) is -1.37. The Kier molecular flexibility index (Phi) is 3.89. The summed E-state index contributed by atoms with van der Waals surface area (Å²) in [7, 11) is 0. The molecule has 21 heavy (non-hydrogen) atoms. The molecule has 0 radical (unpaired) electrons. The molecule has 2 heterocycles. The monoisotopic (exact) mass is 297 g/mol. The maximum atomic E-state index is 11.9. The summed E-state index contributed by atoms with van der Waals surface area (Å²) < 4.78 is 0. The molecule has 0 atom stereocenters. The number of amides is 4. The average molecular weight is 297 g/mol. The van der Waals surface area contributed by atoms with Crippen LogP contribution in [0.2, 0.25) is 0 Å². The summed E-state index contributed by atoms with van der Waals surface area (Å²) in [6.07, 6.45) is 0.125. The van der Waals surface area contributed by atoms with Crippen LogP contribution in [0.5, 0.6) is 0 Å². The van der Waals surface area contributed by atoms with Gasteiger partial charge in [-0.1, -0.05) is 0 Å². The summed E-state index contributed by atoms with van der Waals surface area (Å²) >= 11 is 0. The van der Waals surface area contributed by atoms with Crippen molar-refractivity contribution in [2.45, 2.75) is 32.2 Å². The molecule has 0 spiro atoms. The third kappa shape index (κ3) is 3.14. The van der Waals surface area contributed by atoms with E-state index in [4.69, 9.17) is 5.11 Å². The maximum absolute atomic E-state index is 11.9. The van der Waals surface area contributed by atoms with Crippen molar-refractivity contribution in [2.24, 2.45) is 5.92 Å². The summed E-state index contributed by atoms with van der Waals surface area (Å²) in [6.45, 7) is 4.13. The number of aliphatic carboxylic acids is 1. The van der Waals surface area contributed by atoms with Crippen molar-refractivity contribution in [3.63, 3.8) is 0 Å². The molecule has 116 valence electrons. The van der Waals surface area contributed by atoms with E-state index in [1.807, 2.05) is 0 Å². The third-order valence-corrected chi connectivity index (χ3v) is 3.77. The molecule has 8 nitrogen and oxygen atoms in total. The number of nitrogens with zero attached hydrogens (tertiary/aromatic N) is 2. The number of carboxylic acids is 1. The Morgan fingerprint density at radius 1 is 1.33 bits per heavy atom. The van der Waals surface area contributed by atoms with Gasteiger partial charge in [0.2, 0.25) is 5.91 Å². The van der Waals surface area contributed by atoms with Gasteiger partial charge in [0.1, 0.15) is 5.54 Å². The topological polar surface area (TPSA) is 107 Å². The molecule has 2 saturated heterocycles. The minimum absolute atomic E-state index is 0.00194. The van der Waals surface area contributed by atoms with Gasteiger partial charge in [-0.25, -0.2) is 4.79 Å². The number of likely N-dealkylation sites (tertiary alicyclic amines) is 1. The highest BCUT2D eigenvalue weighted by Crippen LogP contribution is 2.21. The van der Waals surface area contributed by atoms with Crippen LogP contribution in [-0.2, 0) is 14.4 Å². The highest BCUT2D eigenvalue weighted by molar-refractivity contribution is 6.06. The van der Waals surface area contributed by atoms with Crippen molar-refractivity contribution in [3.05, 3.63) is 0 Å². The molecule has 0 unspecified atom stereocenters. The Bertz CT molecular complexity index is 496. The molecular weight excluding hydrogens is 278 g/mol. The van der Waals surface area contributed by atoms with Gasteiger partial charge in [-0.15, -0.1) is 0 Å². The zero-order valence-electron chi connectivity index (χ0n) is 12.1. The number of carbonyl (C=O) groups excluding carboxylic acids is 3. The van der Waals surface area contributed by atoms with E-state index in [-0.39, 0.29) is 37.1 Å². The molecule has 0 aromatic carbocycles. The van der Waals surface area contributed by atoms with Gasteiger partial charge in [-0.05, 0) is 13.8 Å². The van der Waals surface area contributed by atoms with Crippen molar-refractivity contribution >= 4 is 23.8 Å². The quantitative estimate of drug-likeness (QED) is 0.674. The lowest BCUT2D eigenvalue weighted by atomic mass is 9.96. The highest BCUT2D eigenvalue weighted by atomic mass is 16.4. The van der Waals surface area contributed by atoms with Crippen molar-refractivity contribution < 1.29 is 24.3 Å². The SMILES string of the molecule is CC1(C)NC(=O)N(CCC(=O)N2CC(CC(=O)O)C2)C1=O. The smallest absolute Gasteiger partial charge is 0.325 e. The van der Waals surface area contributed by atoms with E-state index in [0.717, 1.165) is 4.90 Å². The minimum atomic E-state index is -0.927. The zero-order valence-corrected chi connectivity index (χ0v) is 12.1. The molecule has 4 amide bonds. The number of hydrogen-bond donors (Lipinski definition) is 2. The second kappa shape index (κ2) is 5.34. The van der Waals surface area contributed by atoms with Crippen LogP contribution < -0.4 is 5.32 Å². The van der Waals surface area contributed by atoms with Crippen LogP contribution in [0.1, 0.15) is 26.7 Å². The summed E-state index contributed by atoms with van der Waals surface area (Å²) in [5, 5.41) is 11.2. The first-order valence-corrected chi connectivity index (χ1v) is 6.84. The summed E-state index contributed by atoms with van der Waals surface area (Å²) in [6, 6.07) is -0.481. The molecule has 2 fully saturated rings. The number of nitrogens with one attached hydrogen (secondary N) is 1. The molecule has 2 aliphatic heterocycles. The van der Waals surface area contributed by atoms with Gasteiger partial charge in [0.05, 0.1) is 6.42 Å². The molecule has 0 aliphatic carbocycles. The first-order chi connectivity index (χ1) is 9.70. The Hall–Kier alpha value is -2.12. The molecule has 0 saturated carbocycles. The van der Waals surface area contributed by atoms with E-state index in [1.54, 1.807) is 18.7 Å². The predicted molar refractivity (Wildman–Crippen MR) is 71.3 cm³/mol. The van der Waals surface area contributed by atoms with E-state index in [0.29, 0.717) is 13.1 Å². The van der Waals surface area contributed by atoms with E-state index >= 15 is 0 Å². The fraction of sp³-hybridized carbons (Fsp3) is 0.692. The summed E-state index contributed by atoms with van der Waals surface area (Å²) in [4.78, 5) is 48.6. The van der Waals surface area contributed by atoms with Gasteiger partial charge in [0.25, 0.3) is 5.91 Å². The summed E-state index contributed by atoms with van der Waals surface area (Å²) in [5.41, 5.74) is -0.927. The molecule has 2 aliphatic rings. The first-order valence-electron chi connectivity index (χ1n) is 6.84. The number of carboxylic acid groups (broad SMARTS) is 1. The molecule has 0 aromatic rings. The minimum Gasteiger partial charge on any atom is -0.481 e. The van der Waals surface area contributed by atoms with Crippen LogP contribution >= 0.6 is 0 Å². The lowest BCUT2D eigenvalue weighted by molar-refractivity contribution is -0.145. The zero-order chi connectivity index (χ0) is 15.8. The first kappa shape index (κ1) is 15.3. The number of carbonyl (C=O) groups is 4. The van der Waals surface area contributed by atoms with Crippen molar-refractivity contribution in [2.75, 3.05) is 19.6 Å². The van der Waals surface area contributed by atoms with E-state index in [2.05, 4.69) is 5.32 Å². The second-order valence-electron chi connectivity index (χ2n) is 6.02. The molecule has 8 heteroatoms. The largest absolute Gasteiger partial charge is 0.481 e. The standard InChI is InChI=1S/C13H19N3O5/c1-13(2)11(20)16(12(21)14-13)4-3-9(17)15-6-8(7-15)5-10(18)19/h8H,3-7H2,1-2H3,(H,14,21)(H,18,19). The van der Waals surface area contributed by atoms with Gasteiger partial charge < -0.3 is 15.3 Å². The predicted octanol–water partition coefficient (Wildman–Crippen LogP) is -0.360. The van der Waals surface area contributed by atoms with Gasteiger partial charge in [-0.3, -0.25) is 19.3 Å². The maximum Gasteiger partial charge on any atom is 0.325 e. The molecule has 0 bridgehead atoms. The van der Waals surface area contributed by atoms with Crippen LogP contribution in [0.3, 0.4) is 0 Å². The van der Waals surface area contributed by atoms with Crippen LogP contribution in [0.25, 0.3) is 0 Å². The Balaban J connectivity index is 1.77. The average Bonchev–Trinajstić information content (AvgIpc) is 2.50. The fourth-order valence-corrected chi connectivity index (χ4v) is 2.54. The van der Waals surface area contributed by atoms with Gasteiger partial charge in [0.15, 0.2) is 0 Å². The molecular formula is C13H19N3O5. The van der Waals surface area contributed by atoms with Crippen LogP contribution in [0.15, 0.2) is 0 Å². The van der Waals surface area contributed by atoms with E-state index < -0.39 is 17.5 Å². The lowest BCUT2D eigenvalue weighted by Gasteiger charge is -2.38. The van der Waals surface area contributed by atoms with E-state index in [1.165, 1.54) is 0 Å². The van der Waals surface area contributed by atoms with Crippen LogP contribution in [0.4, 0.5) is 4.79 Å². The van der Waals surface area contributed by atoms with Crippen molar-refractivity contribution in [1.29, 1.82) is 0 Å². The Morgan fingerprint density at radius 3 is 2.43 bits per heavy atom. The third-order valence-electron chi connectivity index (χ3n) is 3.77. The fourth-order valence-electron chi connectivity index (χ4n) is 2.54. The number of imide groups is 1. The van der Waals surface area contributed by atoms with Crippen molar-refractivity contribution in [1.82, 2.24) is 15.1 Å². The number of rotatable bonds is 5.